The highest BCUT2D eigenvalue weighted by Gasteiger charge is 2.32. The van der Waals surface area contributed by atoms with E-state index in [0.717, 1.165) is 24.4 Å². The molecule has 20 heavy (non-hydrogen) atoms. The largest absolute Gasteiger partial charge is 0.241 e. The Morgan fingerprint density at radius 2 is 1.90 bits per heavy atom. The van der Waals surface area contributed by atoms with E-state index < -0.39 is 0 Å². The first-order valence-electron chi connectivity index (χ1n) is 7.25. The van der Waals surface area contributed by atoms with Crippen LogP contribution in [0.2, 0.25) is 0 Å². The summed E-state index contributed by atoms with van der Waals surface area (Å²) < 4.78 is 2.11. The minimum atomic E-state index is -0.00187. The van der Waals surface area contributed by atoms with Crippen LogP contribution in [0.15, 0.2) is 35.3 Å². The topological polar surface area (TPSA) is 30.2 Å². The third-order valence-corrected chi connectivity index (χ3v) is 3.89. The molecule has 0 N–H and O–H groups in total. The molecule has 3 heteroatoms. The number of aryl methyl sites for hydroxylation is 1. The van der Waals surface area contributed by atoms with E-state index in [9.17, 15) is 0 Å². The lowest BCUT2D eigenvalue weighted by Gasteiger charge is -2.30. The van der Waals surface area contributed by atoms with Crippen LogP contribution in [-0.2, 0) is 12.0 Å². The van der Waals surface area contributed by atoms with E-state index in [-0.39, 0.29) is 5.54 Å². The van der Waals surface area contributed by atoms with E-state index in [1.807, 2.05) is 6.07 Å². The number of hydrogen-bond acceptors (Lipinski definition) is 2. The van der Waals surface area contributed by atoms with E-state index in [2.05, 4.69) is 56.6 Å². The van der Waals surface area contributed by atoms with Gasteiger partial charge in [-0.25, -0.2) is 9.67 Å². The number of benzene rings is 1. The van der Waals surface area contributed by atoms with Crippen molar-refractivity contribution in [1.29, 1.82) is 0 Å². The maximum absolute atomic E-state index is 4.84. The summed E-state index contributed by atoms with van der Waals surface area (Å²) >= 11 is 0. The molecule has 1 aromatic heterocycles. The van der Waals surface area contributed by atoms with Crippen molar-refractivity contribution in [3.8, 4) is 11.1 Å². The highest BCUT2D eigenvalue weighted by atomic mass is 15.4. The summed E-state index contributed by atoms with van der Waals surface area (Å²) in [4.78, 5) is 4.80. The Bertz CT molecular complexity index is 663. The Balaban J connectivity index is 2.29. The lowest BCUT2D eigenvalue weighted by Crippen LogP contribution is -2.32. The molecule has 0 bridgehead atoms. The minimum absolute atomic E-state index is 0.00187. The summed E-state index contributed by atoms with van der Waals surface area (Å²) in [6.07, 6.45) is 1.88. The molecule has 104 valence electrons. The molecule has 3 nitrogen and oxygen atoms in total. The minimum Gasteiger partial charge on any atom is -0.241 e. The normalized spacial score (nSPS) is 16.7. The van der Waals surface area contributed by atoms with Crippen molar-refractivity contribution in [2.24, 2.45) is 4.99 Å². The lowest BCUT2D eigenvalue weighted by atomic mass is 9.95. The fourth-order valence-corrected chi connectivity index (χ4v) is 3.05. The predicted octanol–water partition coefficient (Wildman–Crippen LogP) is 4.34. The van der Waals surface area contributed by atoms with Crippen LogP contribution >= 0.6 is 0 Å². The van der Waals surface area contributed by atoms with Crippen LogP contribution in [0.1, 0.15) is 39.8 Å². The van der Waals surface area contributed by atoms with Gasteiger partial charge in [0.2, 0.25) is 0 Å². The quantitative estimate of drug-likeness (QED) is 0.796. The Kier molecular flexibility index (Phi) is 3.00. The average Bonchev–Trinajstić information content (AvgIpc) is 2.78. The van der Waals surface area contributed by atoms with Gasteiger partial charge in [0.1, 0.15) is 0 Å². The third-order valence-electron chi connectivity index (χ3n) is 3.89. The third kappa shape index (κ3) is 1.98. The molecule has 1 aromatic carbocycles. The van der Waals surface area contributed by atoms with Crippen molar-refractivity contribution in [2.45, 2.75) is 46.1 Å². The molecule has 0 saturated heterocycles. The van der Waals surface area contributed by atoms with Gasteiger partial charge in [-0.15, -0.1) is 0 Å². The van der Waals surface area contributed by atoms with Crippen LogP contribution in [0, 0.1) is 0 Å². The summed E-state index contributed by atoms with van der Waals surface area (Å²) in [6.45, 7) is 8.73. The van der Waals surface area contributed by atoms with Gasteiger partial charge < -0.3 is 0 Å². The van der Waals surface area contributed by atoms with E-state index in [0.29, 0.717) is 0 Å². The van der Waals surface area contributed by atoms with Crippen molar-refractivity contribution in [3.63, 3.8) is 0 Å². The summed E-state index contributed by atoms with van der Waals surface area (Å²) in [7, 11) is 0. The highest BCUT2D eigenvalue weighted by Crippen LogP contribution is 2.41. The first kappa shape index (κ1) is 13.1. The molecular formula is C17H21N3. The Morgan fingerprint density at radius 1 is 1.20 bits per heavy atom. The molecule has 0 aliphatic carbocycles. The molecule has 0 radical (unpaired) electrons. The van der Waals surface area contributed by atoms with Gasteiger partial charge in [0.25, 0.3) is 0 Å². The van der Waals surface area contributed by atoms with Crippen LogP contribution in [0.5, 0.6) is 0 Å². The molecule has 0 fully saturated rings. The van der Waals surface area contributed by atoms with Gasteiger partial charge in [0.15, 0.2) is 5.82 Å². The fraction of sp³-hybridized carbons (Fsp3) is 0.412. The van der Waals surface area contributed by atoms with Crippen LogP contribution < -0.4 is 0 Å². The first-order chi connectivity index (χ1) is 9.53. The SMILES string of the molecule is CCc1nn2c(c1-c1ccccc1)N=C(C)CC2(C)C. The number of aliphatic imine (C=N–C) groups is 1. The van der Waals surface area contributed by atoms with Gasteiger partial charge in [0.05, 0.1) is 11.2 Å². The monoisotopic (exact) mass is 267 g/mol. The second-order valence-corrected chi connectivity index (χ2v) is 6.11. The number of fused-ring (bicyclic) bond motifs is 1. The average molecular weight is 267 g/mol. The maximum atomic E-state index is 4.84. The van der Waals surface area contributed by atoms with Crippen LogP contribution in [0.25, 0.3) is 11.1 Å². The Morgan fingerprint density at radius 3 is 2.55 bits per heavy atom. The maximum Gasteiger partial charge on any atom is 0.159 e. The summed E-state index contributed by atoms with van der Waals surface area (Å²) in [5, 5.41) is 4.84. The summed E-state index contributed by atoms with van der Waals surface area (Å²) in [5.41, 5.74) is 4.72. The second-order valence-electron chi connectivity index (χ2n) is 6.11. The molecule has 1 aliphatic heterocycles. The number of nitrogens with zero attached hydrogens (tertiary/aromatic N) is 3. The molecule has 1 aliphatic rings. The smallest absolute Gasteiger partial charge is 0.159 e. The zero-order valence-electron chi connectivity index (χ0n) is 12.6. The zero-order valence-corrected chi connectivity index (χ0v) is 12.6. The number of aromatic nitrogens is 2. The molecule has 2 aromatic rings. The van der Waals surface area contributed by atoms with E-state index in [1.165, 1.54) is 16.8 Å². The van der Waals surface area contributed by atoms with Crippen molar-refractivity contribution in [1.82, 2.24) is 9.78 Å². The van der Waals surface area contributed by atoms with Crippen molar-refractivity contribution in [3.05, 3.63) is 36.0 Å². The number of hydrogen-bond donors (Lipinski definition) is 0. The summed E-state index contributed by atoms with van der Waals surface area (Å²) in [6, 6.07) is 10.5. The van der Waals surface area contributed by atoms with E-state index >= 15 is 0 Å². The standard InChI is InChI=1S/C17H21N3/c1-5-14-15(13-9-7-6-8-10-13)16-18-12(2)11-17(3,4)20(16)19-14/h6-10H,5,11H2,1-4H3. The number of rotatable bonds is 2. The van der Waals surface area contributed by atoms with E-state index in [1.54, 1.807) is 0 Å². The van der Waals surface area contributed by atoms with Gasteiger partial charge in [-0.1, -0.05) is 37.3 Å². The van der Waals surface area contributed by atoms with Gasteiger partial charge in [-0.05, 0) is 32.8 Å². The lowest BCUT2D eigenvalue weighted by molar-refractivity contribution is 0.326. The highest BCUT2D eigenvalue weighted by molar-refractivity contribution is 5.90. The van der Waals surface area contributed by atoms with Crippen molar-refractivity contribution >= 4 is 11.5 Å². The molecule has 0 spiro atoms. The zero-order chi connectivity index (χ0) is 14.3. The second kappa shape index (κ2) is 4.58. The van der Waals surface area contributed by atoms with Gasteiger partial charge in [-0.2, -0.15) is 5.10 Å². The Labute approximate surface area is 120 Å². The molecule has 0 saturated carbocycles. The van der Waals surface area contributed by atoms with E-state index in [4.69, 9.17) is 10.1 Å². The molecule has 0 atom stereocenters. The van der Waals surface area contributed by atoms with Gasteiger partial charge in [0, 0.05) is 17.7 Å². The Hall–Kier alpha value is -1.90. The predicted molar refractivity (Wildman–Crippen MR) is 83.7 cm³/mol. The van der Waals surface area contributed by atoms with Gasteiger partial charge >= 0.3 is 0 Å². The molecule has 3 rings (SSSR count). The van der Waals surface area contributed by atoms with Crippen LogP contribution in [0.4, 0.5) is 5.82 Å². The van der Waals surface area contributed by atoms with Crippen molar-refractivity contribution in [2.75, 3.05) is 0 Å². The molecule has 0 amide bonds. The van der Waals surface area contributed by atoms with Crippen LogP contribution in [-0.4, -0.2) is 15.5 Å². The van der Waals surface area contributed by atoms with Gasteiger partial charge in [-0.3, -0.25) is 0 Å². The molecule has 0 unspecified atom stereocenters. The molecular weight excluding hydrogens is 246 g/mol. The fourth-order valence-electron chi connectivity index (χ4n) is 3.05. The first-order valence-corrected chi connectivity index (χ1v) is 7.25. The molecule has 2 heterocycles. The summed E-state index contributed by atoms with van der Waals surface area (Å²) in [5.74, 6) is 1.02. The van der Waals surface area contributed by atoms with Crippen LogP contribution in [0.3, 0.4) is 0 Å². The van der Waals surface area contributed by atoms with Crippen molar-refractivity contribution < 1.29 is 0 Å².